The number of imidazole rings is 1. The third-order valence-electron chi connectivity index (χ3n) is 6.12. The van der Waals surface area contributed by atoms with Crippen molar-refractivity contribution in [2.45, 2.75) is 45.1 Å². The number of H-pyrrole nitrogens is 1. The van der Waals surface area contributed by atoms with Crippen LogP contribution in [0.5, 0.6) is 0 Å². The van der Waals surface area contributed by atoms with Crippen LogP contribution in [-0.2, 0) is 11.2 Å². The Bertz CT molecular complexity index is 1220. The molecular formula is C25H27N5O. The maximum absolute atomic E-state index is 13.3. The van der Waals surface area contributed by atoms with Crippen molar-refractivity contribution in [3.8, 4) is 5.82 Å². The van der Waals surface area contributed by atoms with Crippen molar-refractivity contribution in [3.63, 3.8) is 0 Å². The standard InChI is InChI=1S/C25H27N5O/c1-17(2)25-26-12-14-30(25)23-11-5-9-21(28-23)22-10-6-13-29(22)24(31)15-18-16-27-20-8-4-3-7-19(18)20/h3-5,7-9,11-12,14,16-17,22,27H,6,10,13,15H2,1-2H3/t22-/m1/s1. The van der Waals surface area contributed by atoms with E-state index >= 15 is 0 Å². The quantitative estimate of drug-likeness (QED) is 0.512. The molecule has 1 saturated heterocycles. The highest BCUT2D eigenvalue weighted by molar-refractivity contribution is 5.89. The van der Waals surface area contributed by atoms with E-state index in [1.54, 1.807) is 0 Å². The summed E-state index contributed by atoms with van der Waals surface area (Å²) in [6, 6.07) is 14.2. The molecular weight excluding hydrogens is 386 g/mol. The van der Waals surface area contributed by atoms with Gasteiger partial charge in [-0.05, 0) is 36.6 Å². The first kappa shape index (κ1) is 19.5. The van der Waals surface area contributed by atoms with Crippen molar-refractivity contribution in [1.29, 1.82) is 0 Å². The number of hydrogen-bond donors (Lipinski definition) is 1. The summed E-state index contributed by atoms with van der Waals surface area (Å²) in [5.41, 5.74) is 3.07. The van der Waals surface area contributed by atoms with Crippen LogP contribution in [0.25, 0.3) is 16.7 Å². The zero-order chi connectivity index (χ0) is 21.4. The topological polar surface area (TPSA) is 66.8 Å². The molecule has 1 aliphatic heterocycles. The molecule has 6 heteroatoms. The van der Waals surface area contributed by atoms with Gasteiger partial charge >= 0.3 is 0 Å². The van der Waals surface area contributed by atoms with Crippen molar-refractivity contribution in [3.05, 3.63) is 78.1 Å². The molecule has 3 aromatic heterocycles. The molecule has 1 fully saturated rings. The van der Waals surface area contributed by atoms with Crippen LogP contribution in [-0.4, -0.2) is 36.9 Å². The van der Waals surface area contributed by atoms with Gasteiger partial charge in [-0.15, -0.1) is 0 Å². The van der Waals surface area contributed by atoms with Gasteiger partial charge in [-0.25, -0.2) is 9.97 Å². The number of aromatic amines is 1. The Morgan fingerprint density at radius 2 is 2.06 bits per heavy atom. The number of rotatable bonds is 5. The van der Waals surface area contributed by atoms with Crippen molar-refractivity contribution in [2.24, 2.45) is 0 Å². The first-order valence-corrected chi connectivity index (χ1v) is 11.0. The lowest BCUT2D eigenvalue weighted by Crippen LogP contribution is -2.32. The molecule has 5 rings (SSSR count). The molecule has 0 aliphatic carbocycles. The van der Waals surface area contributed by atoms with Crippen LogP contribution in [0, 0.1) is 0 Å². The number of likely N-dealkylation sites (tertiary alicyclic amines) is 1. The zero-order valence-electron chi connectivity index (χ0n) is 18.0. The second-order valence-corrected chi connectivity index (χ2v) is 8.51. The Morgan fingerprint density at radius 1 is 1.19 bits per heavy atom. The van der Waals surface area contributed by atoms with Gasteiger partial charge < -0.3 is 9.88 Å². The smallest absolute Gasteiger partial charge is 0.227 e. The predicted octanol–water partition coefficient (Wildman–Crippen LogP) is 4.78. The lowest BCUT2D eigenvalue weighted by molar-refractivity contribution is -0.131. The van der Waals surface area contributed by atoms with Gasteiger partial charge in [0.15, 0.2) is 0 Å². The van der Waals surface area contributed by atoms with Gasteiger partial charge in [0.2, 0.25) is 5.91 Å². The largest absolute Gasteiger partial charge is 0.361 e. The van der Waals surface area contributed by atoms with E-state index in [2.05, 4.69) is 29.9 Å². The average molecular weight is 414 g/mol. The van der Waals surface area contributed by atoms with E-state index in [1.165, 1.54) is 0 Å². The molecule has 0 radical (unpaired) electrons. The fraction of sp³-hybridized carbons (Fsp3) is 0.320. The van der Waals surface area contributed by atoms with Crippen LogP contribution in [0.4, 0.5) is 0 Å². The molecule has 0 saturated carbocycles. The van der Waals surface area contributed by atoms with Gasteiger partial charge in [0.1, 0.15) is 11.6 Å². The third kappa shape index (κ3) is 3.63. The van der Waals surface area contributed by atoms with Gasteiger partial charge in [-0.1, -0.05) is 38.1 Å². The van der Waals surface area contributed by atoms with E-state index in [4.69, 9.17) is 4.98 Å². The molecule has 1 aromatic carbocycles. The zero-order valence-corrected chi connectivity index (χ0v) is 18.0. The first-order chi connectivity index (χ1) is 15.1. The average Bonchev–Trinajstić information content (AvgIpc) is 3.53. The Morgan fingerprint density at radius 3 is 2.94 bits per heavy atom. The van der Waals surface area contributed by atoms with Crippen molar-refractivity contribution in [1.82, 2.24) is 24.4 Å². The van der Waals surface area contributed by atoms with Crippen LogP contribution in [0.2, 0.25) is 0 Å². The highest BCUT2D eigenvalue weighted by Crippen LogP contribution is 2.32. The molecule has 0 unspecified atom stereocenters. The summed E-state index contributed by atoms with van der Waals surface area (Å²) in [6.07, 6.45) is 8.07. The number of carbonyl (C=O) groups excluding carboxylic acids is 1. The number of carbonyl (C=O) groups is 1. The molecule has 1 N–H and O–H groups in total. The molecule has 158 valence electrons. The lowest BCUT2D eigenvalue weighted by Gasteiger charge is -2.25. The van der Waals surface area contributed by atoms with E-state index in [0.717, 1.165) is 53.2 Å². The van der Waals surface area contributed by atoms with E-state index in [1.807, 2.05) is 64.5 Å². The number of pyridine rings is 1. The van der Waals surface area contributed by atoms with Crippen LogP contribution in [0.3, 0.4) is 0 Å². The summed E-state index contributed by atoms with van der Waals surface area (Å²) in [4.78, 5) is 28.0. The third-order valence-corrected chi connectivity index (χ3v) is 6.12. The molecule has 0 bridgehead atoms. The minimum Gasteiger partial charge on any atom is -0.361 e. The van der Waals surface area contributed by atoms with Crippen LogP contribution < -0.4 is 0 Å². The maximum atomic E-state index is 13.3. The summed E-state index contributed by atoms with van der Waals surface area (Å²) in [5, 5.41) is 1.12. The van der Waals surface area contributed by atoms with Gasteiger partial charge in [0.25, 0.3) is 0 Å². The van der Waals surface area contributed by atoms with Crippen molar-refractivity contribution < 1.29 is 4.79 Å². The summed E-state index contributed by atoms with van der Waals surface area (Å²) in [5.74, 6) is 2.31. The van der Waals surface area contributed by atoms with Crippen molar-refractivity contribution in [2.75, 3.05) is 6.54 Å². The Kier molecular flexibility index (Phi) is 5.06. The molecule has 1 atom stereocenters. The number of aromatic nitrogens is 4. The van der Waals surface area contributed by atoms with Gasteiger partial charge in [-0.3, -0.25) is 9.36 Å². The van der Waals surface area contributed by atoms with Crippen LogP contribution in [0.1, 0.15) is 55.7 Å². The summed E-state index contributed by atoms with van der Waals surface area (Å²) < 4.78 is 2.04. The molecule has 4 heterocycles. The maximum Gasteiger partial charge on any atom is 0.227 e. The number of amides is 1. The summed E-state index contributed by atoms with van der Waals surface area (Å²) in [7, 11) is 0. The van der Waals surface area contributed by atoms with Gasteiger partial charge in [-0.2, -0.15) is 0 Å². The number of para-hydroxylation sites is 1. The number of fused-ring (bicyclic) bond motifs is 1. The second kappa shape index (κ2) is 8.02. The van der Waals surface area contributed by atoms with Gasteiger partial charge in [0, 0.05) is 42.0 Å². The number of nitrogens with one attached hydrogen (secondary N) is 1. The normalized spacial score (nSPS) is 16.5. The molecule has 4 aromatic rings. The summed E-state index contributed by atoms with van der Waals surface area (Å²) >= 11 is 0. The second-order valence-electron chi connectivity index (χ2n) is 8.51. The monoisotopic (exact) mass is 413 g/mol. The van der Waals surface area contributed by atoms with E-state index in [0.29, 0.717) is 12.3 Å². The molecule has 0 spiro atoms. The fourth-order valence-electron chi connectivity index (χ4n) is 4.61. The fourth-order valence-corrected chi connectivity index (χ4v) is 4.61. The van der Waals surface area contributed by atoms with Crippen molar-refractivity contribution >= 4 is 16.8 Å². The highest BCUT2D eigenvalue weighted by Gasteiger charge is 2.31. The summed E-state index contributed by atoms with van der Waals surface area (Å²) in [6.45, 7) is 5.04. The predicted molar refractivity (Wildman–Crippen MR) is 121 cm³/mol. The van der Waals surface area contributed by atoms with Gasteiger partial charge in [0.05, 0.1) is 18.2 Å². The highest BCUT2D eigenvalue weighted by atomic mass is 16.2. The van der Waals surface area contributed by atoms with Crippen LogP contribution >= 0.6 is 0 Å². The lowest BCUT2D eigenvalue weighted by atomic mass is 10.1. The van der Waals surface area contributed by atoms with E-state index in [-0.39, 0.29) is 11.9 Å². The molecule has 1 aliphatic rings. The first-order valence-electron chi connectivity index (χ1n) is 11.0. The molecule has 1 amide bonds. The van der Waals surface area contributed by atoms with E-state index < -0.39 is 0 Å². The number of benzene rings is 1. The van der Waals surface area contributed by atoms with E-state index in [9.17, 15) is 4.79 Å². The minimum atomic E-state index is 0.0173. The Hall–Kier alpha value is -3.41. The van der Waals surface area contributed by atoms with Crippen LogP contribution in [0.15, 0.2) is 61.1 Å². The minimum absolute atomic E-state index is 0.0173. The Labute approximate surface area is 181 Å². The molecule has 6 nitrogen and oxygen atoms in total. The molecule has 31 heavy (non-hydrogen) atoms. The SMILES string of the molecule is CC(C)c1nccn1-c1cccc([C@H]2CCCN2C(=O)Cc2c[nH]c3ccccc23)n1. The number of hydrogen-bond acceptors (Lipinski definition) is 3. The number of nitrogens with zero attached hydrogens (tertiary/aromatic N) is 4. The Balaban J connectivity index is 1.40.